The Labute approximate surface area is 105 Å². The first-order valence-corrected chi connectivity index (χ1v) is 6.64. The lowest BCUT2D eigenvalue weighted by Gasteiger charge is -2.53. The van der Waals surface area contributed by atoms with Crippen LogP contribution < -0.4 is 10.6 Å². The zero-order valence-corrected chi connectivity index (χ0v) is 11.2. The van der Waals surface area contributed by atoms with E-state index >= 15 is 0 Å². The van der Waals surface area contributed by atoms with Crippen molar-refractivity contribution in [2.75, 3.05) is 18.5 Å². The zero-order valence-electron chi connectivity index (χ0n) is 11.2. The second kappa shape index (κ2) is 4.69. The van der Waals surface area contributed by atoms with Gasteiger partial charge >= 0.3 is 0 Å². The lowest BCUT2D eigenvalue weighted by Crippen LogP contribution is -2.60. The highest BCUT2D eigenvalue weighted by Gasteiger charge is 2.44. The number of rotatable bonds is 4. The Morgan fingerprint density at radius 2 is 1.88 bits per heavy atom. The van der Waals surface area contributed by atoms with E-state index in [4.69, 9.17) is 5.73 Å². The Kier molecular flexibility index (Phi) is 3.43. The van der Waals surface area contributed by atoms with Gasteiger partial charge in [-0.15, -0.1) is 0 Å². The van der Waals surface area contributed by atoms with Crippen LogP contribution in [0, 0.1) is 5.92 Å². The van der Waals surface area contributed by atoms with Gasteiger partial charge in [0.2, 0.25) is 0 Å². The molecule has 1 saturated carbocycles. The quantitative estimate of drug-likeness (QED) is 0.865. The Morgan fingerprint density at radius 3 is 2.29 bits per heavy atom. The van der Waals surface area contributed by atoms with Gasteiger partial charge in [0.15, 0.2) is 0 Å². The maximum atomic E-state index is 5.98. The Balaban J connectivity index is 2.15. The maximum Gasteiger partial charge on any atom is 0.0526 e. The van der Waals surface area contributed by atoms with E-state index in [0.717, 1.165) is 18.9 Å². The van der Waals surface area contributed by atoms with Crippen molar-refractivity contribution < 1.29 is 0 Å². The number of hydrogen-bond donors (Lipinski definition) is 1. The van der Waals surface area contributed by atoms with Crippen LogP contribution >= 0.6 is 0 Å². The number of anilines is 1. The van der Waals surface area contributed by atoms with Gasteiger partial charge < -0.3 is 10.6 Å². The molecule has 17 heavy (non-hydrogen) atoms. The molecule has 1 aromatic carbocycles. The molecule has 1 aliphatic carbocycles. The largest absolute Gasteiger partial charge is 0.368 e. The van der Waals surface area contributed by atoms with Crippen molar-refractivity contribution in [1.82, 2.24) is 0 Å². The normalized spacial score (nSPS) is 27.6. The third-order valence-corrected chi connectivity index (χ3v) is 4.28. The summed E-state index contributed by atoms with van der Waals surface area (Å²) in [4.78, 5) is 2.38. The highest BCUT2D eigenvalue weighted by atomic mass is 15.2. The first kappa shape index (κ1) is 12.4. The molecule has 2 nitrogen and oxygen atoms in total. The minimum Gasteiger partial charge on any atom is -0.368 e. The Hall–Kier alpha value is -1.02. The van der Waals surface area contributed by atoms with E-state index in [1.807, 2.05) is 0 Å². The van der Waals surface area contributed by atoms with Gasteiger partial charge in [0.05, 0.1) is 5.54 Å². The molecule has 2 heteroatoms. The number of hydrogen-bond acceptors (Lipinski definition) is 2. The third kappa shape index (κ3) is 2.19. The molecule has 1 aromatic rings. The number of aryl methyl sites for hydroxylation is 1. The second-order valence-electron chi connectivity index (χ2n) is 5.52. The lowest BCUT2D eigenvalue weighted by atomic mass is 9.68. The first-order chi connectivity index (χ1) is 8.11. The van der Waals surface area contributed by atoms with Crippen molar-refractivity contribution in [2.45, 2.75) is 38.6 Å². The fourth-order valence-corrected chi connectivity index (χ4v) is 3.04. The van der Waals surface area contributed by atoms with E-state index in [0.29, 0.717) is 0 Å². The molecule has 0 atom stereocenters. The standard InChI is InChI=1S/C15H24N2/c1-4-13-5-7-14(8-6-13)17(3)15(11-16)9-12(2)10-15/h5-8,12H,4,9-11,16H2,1-3H3. The van der Waals surface area contributed by atoms with Crippen LogP contribution in [-0.4, -0.2) is 19.1 Å². The fraction of sp³-hybridized carbons (Fsp3) is 0.600. The average molecular weight is 232 g/mol. The summed E-state index contributed by atoms with van der Waals surface area (Å²) in [5.74, 6) is 0.816. The number of nitrogens with two attached hydrogens (primary N) is 1. The molecule has 0 unspecified atom stereocenters. The second-order valence-corrected chi connectivity index (χ2v) is 5.52. The van der Waals surface area contributed by atoms with Crippen LogP contribution in [0.15, 0.2) is 24.3 Å². The van der Waals surface area contributed by atoms with E-state index in [-0.39, 0.29) is 5.54 Å². The Morgan fingerprint density at radius 1 is 1.29 bits per heavy atom. The van der Waals surface area contributed by atoms with E-state index in [1.54, 1.807) is 0 Å². The summed E-state index contributed by atoms with van der Waals surface area (Å²) in [6.07, 6.45) is 3.54. The molecule has 0 heterocycles. The van der Waals surface area contributed by atoms with Gasteiger partial charge in [-0.1, -0.05) is 26.0 Å². The predicted octanol–water partition coefficient (Wildman–Crippen LogP) is 2.81. The number of nitrogens with zero attached hydrogens (tertiary/aromatic N) is 1. The van der Waals surface area contributed by atoms with Crippen molar-refractivity contribution in [2.24, 2.45) is 11.7 Å². The van der Waals surface area contributed by atoms with Crippen molar-refractivity contribution in [3.05, 3.63) is 29.8 Å². The predicted molar refractivity (Wildman–Crippen MR) is 74.4 cm³/mol. The molecule has 0 aromatic heterocycles. The van der Waals surface area contributed by atoms with Crippen molar-refractivity contribution in [1.29, 1.82) is 0 Å². The van der Waals surface area contributed by atoms with Crippen LogP contribution in [0.25, 0.3) is 0 Å². The van der Waals surface area contributed by atoms with E-state index in [2.05, 4.69) is 50.1 Å². The molecule has 2 rings (SSSR count). The minimum atomic E-state index is 0.202. The summed E-state index contributed by atoms with van der Waals surface area (Å²) in [5.41, 5.74) is 8.87. The molecule has 2 N–H and O–H groups in total. The van der Waals surface area contributed by atoms with Crippen LogP contribution in [0.2, 0.25) is 0 Å². The molecule has 1 aliphatic rings. The monoisotopic (exact) mass is 232 g/mol. The van der Waals surface area contributed by atoms with E-state index in [1.165, 1.54) is 24.1 Å². The van der Waals surface area contributed by atoms with Gasteiger partial charge in [0.25, 0.3) is 0 Å². The highest BCUT2D eigenvalue weighted by molar-refractivity contribution is 5.50. The summed E-state index contributed by atoms with van der Waals surface area (Å²) in [5, 5.41) is 0. The Bertz CT molecular complexity index is 363. The molecule has 0 saturated heterocycles. The van der Waals surface area contributed by atoms with Crippen molar-refractivity contribution >= 4 is 5.69 Å². The van der Waals surface area contributed by atoms with E-state index < -0.39 is 0 Å². The van der Waals surface area contributed by atoms with E-state index in [9.17, 15) is 0 Å². The fourth-order valence-electron chi connectivity index (χ4n) is 3.04. The third-order valence-electron chi connectivity index (χ3n) is 4.28. The van der Waals surface area contributed by atoms with Crippen molar-refractivity contribution in [3.63, 3.8) is 0 Å². The van der Waals surface area contributed by atoms with Crippen LogP contribution in [0.5, 0.6) is 0 Å². The number of benzene rings is 1. The zero-order chi connectivity index (χ0) is 12.5. The number of likely N-dealkylation sites (N-methyl/N-ethyl adjacent to an activating group) is 1. The average Bonchev–Trinajstić information content (AvgIpc) is 2.34. The van der Waals surface area contributed by atoms with Crippen LogP contribution in [0.1, 0.15) is 32.3 Å². The molecule has 0 bridgehead atoms. The highest BCUT2D eigenvalue weighted by Crippen LogP contribution is 2.42. The molecule has 0 aliphatic heterocycles. The summed E-state index contributed by atoms with van der Waals surface area (Å²) in [7, 11) is 2.18. The van der Waals surface area contributed by atoms with Crippen LogP contribution in [-0.2, 0) is 6.42 Å². The van der Waals surface area contributed by atoms with Crippen molar-refractivity contribution in [3.8, 4) is 0 Å². The van der Waals surface area contributed by atoms with Gasteiger partial charge in [-0.05, 0) is 42.9 Å². The topological polar surface area (TPSA) is 29.3 Å². The molecule has 94 valence electrons. The summed E-state index contributed by atoms with van der Waals surface area (Å²) >= 11 is 0. The van der Waals surface area contributed by atoms with Crippen LogP contribution in [0.4, 0.5) is 5.69 Å². The van der Waals surface area contributed by atoms with Gasteiger partial charge in [0, 0.05) is 19.3 Å². The molecule has 0 amide bonds. The molecule has 1 fully saturated rings. The summed E-state index contributed by atoms with van der Waals surface area (Å²) in [6, 6.07) is 8.88. The molecule has 0 spiro atoms. The van der Waals surface area contributed by atoms with Crippen LogP contribution in [0.3, 0.4) is 0 Å². The summed E-state index contributed by atoms with van der Waals surface area (Å²) < 4.78 is 0. The first-order valence-electron chi connectivity index (χ1n) is 6.64. The molecular formula is C15H24N2. The SMILES string of the molecule is CCc1ccc(N(C)C2(CN)CC(C)C2)cc1. The van der Waals surface area contributed by atoms with Gasteiger partial charge in [-0.2, -0.15) is 0 Å². The van der Waals surface area contributed by atoms with Gasteiger partial charge in [-0.3, -0.25) is 0 Å². The molecular weight excluding hydrogens is 208 g/mol. The van der Waals surface area contributed by atoms with Gasteiger partial charge in [0.1, 0.15) is 0 Å². The summed E-state index contributed by atoms with van der Waals surface area (Å²) in [6.45, 7) is 5.25. The smallest absolute Gasteiger partial charge is 0.0526 e. The molecule has 0 radical (unpaired) electrons. The maximum absolute atomic E-state index is 5.98. The minimum absolute atomic E-state index is 0.202. The van der Waals surface area contributed by atoms with Gasteiger partial charge in [-0.25, -0.2) is 0 Å². The lowest BCUT2D eigenvalue weighted by molar-refractivity contribution is 0.163.